The Labute approximate surface area is 231 Å². The van der Waals surface area contributed by atoms with Crippen LogP contribution in [0.5, 0.6) is 0 Å². The SMILES string of the molecule is O=S1(=O)c2ccccc2C(O)c2cc(-c3cccc(-c4ccc5c(c4)C(O)c4ccccc4S5(=O)=O)c3)ccc21. The number of hydrogen-bond acceptors (Lipinski definition) is 6. The van der Waals surface area contributed by atoms with Crippen LogP contribution in [-0.4, -0.2) is 27.0 Å². The molecule has 2 N–H and O–H groups in total. The molecule has 6 nitrogen and oxygen atoms in total. The Hall–Kier alpha value is -4.08. The largest absolute Gasteiger partial charge is 0.384 e. The van der Waals surface area contributed by atoms with Gasteiger partial charge in [-0.3, -0.25) is 0 Å². The van der Waals surface area contributed by atoms with E-state index in [0.29, 0.717) is 22.3 Å². The Morgan fingerprint density at radius 3 is 1.23 bits per heavy atom. The molecule has 5 aromatic rings. The standard InChI is InChI=1S/C32H22O6S2/c33-31-23-8-1-3-10-27(23)39(35,36)29-14-12-21(17-25(29)31)19-6-5-7-20(16-19)22-13-15-30-26(18-22)32(34)24-9-2-4-11-28(24)40(30,37)38/h1-18,31-34H. The van der Waals surface area contributed by atoms with Crippen LogP contribution in [0.4, 0.5) is 0 Å². The lowest BCUT2D eigenvalue weighted by Crippen LogP contribution is -2.18. The van der Waals surface area contributed by atoms with Crippen LogP contribution >= 0.6 is 0 Å². The fraction of sp³-hybridized carbons (Fsp3) is 0.0625. The van der Waals surface area contributed by atoms with Gasteiger partial charge in [-0.25, -0.2) is 16.8 Å². The predicted octanol–water partition coefficient (Wildman–Crippen LogP) is 5.48. The molecule has 0 spiro atoms. The van der Waals surface area contributed by atoms with E-state index >= 15 is 0 Å². The van der Waals surface area contributed by atoms with E-state index in [1.54, 1.807) is 60.7 Å². The topological polar surface area (TPSA) is 109 Å². The molecule has 2 heterocycles. The number of hydrogen-bond donors (Lipinski definition) is 2. The van der Waals surface area contributed by atoms with Crippen LogP contribution in [0.2, 0.25) is 0 Å². The van der Waals surface area contributed by atoms with E-state index in [2.05, 4.69) is 0 Å². The smallest absolute Gasteiger partial charge is 0.207 e. The van der Waals surface area contributed by atoms with Gasteiger partial charge in [0.1, 0.15) is 12.2 Å². The normalized spacial score (nSPS) is 19.6. The van der Waals surface area contributed by atoms with E-state index in [1.807, 2.05) is 24.3 Å². The van der Waals surface area contributed by atoms with E-state index < -0.39 is 31.9 Å². The van der Waals surface area contributed by atoms with Gasteiger partial charge >= 0.3 is 0 Å². The maximum absolute atomic E-state index is 13.2. The zero-order chi connectivity index (χ0) is 27.8. The van der Waals surface area contributed by atoms with Crippen molar-refractivity contribution in [1.82, 2.24) is 0 Å². The molecule has 0 radical (unpaired) electrons. The van der Waals surface area contributed by atoms with E-state index in [0.717, 1.165) is 22.3 Å². The zero-order valence-electron chi connectivity index (χ0n) is 20.9. The quantitative estimate of drug-likeness (QED) is 0.293. The van der Waals surface area contributed by atoms with Crippen molar-refractivity contribution in [3.8, 4) is 22.3 Å². The van der Waals surface area contributed by atoms with E-state index in [1.165, 1.54) is 24.3 Å². The van der Waals surface area contributed by atoms with Crippen LogP contribution in [0.3, 0.4) is 0 Å². The van der Waals surface area contributed by atoms with Gasteiger partial charge in [0, 0.05) is 22.3 Å². The van der Waals surface area contributed by atoms with Gasteiger partial charge < -0.3 is 10.2 Å². The second kappa shape index (κ2) is 8.71. The first kappa shape index (κ1) is 24.9. The lowest BCUT2D eigenvalue weighted by molar-refractivity contribution is 0.211. The molecular formula is C32H22O6S2. The van der Waals surface area contributed by atoms with Gasteiger partial charge in [0.2, 0.25) is 19.7 Å². The second-order valence-corrected chi connectivity index (χ2v) is 13.7. The molecular weight excluding hydrogens is 544 g/mol. The lowest BCUT2D eigenvalue weighted by Gasteiger charge is -2.25. The first-order valence-electron chi connectivity index (χ1n) is 12.6. The third kappa shape index (κ3) is 3.54. The summed E-state index contributed by atoms with van der Waals surface area (Å²) < 4.78 is 52.9. The summed E-state index contributed by atoms with van der Waals surface area (Å²) in [6, 6.07) is 30.4. The van der Waals surface area contributed by atoms with Crippen LogP contribution in [0.15, 0.2) is 129 Å². The van der Waals surface area contributed by atoms with Crippen LogP contribution < -0.4 is 0 Å². The third-order valence-corrected chi connectivity index (χ3v) is 11.5. The van der Waals surface area contributed by atoms with E-state index in [4.69, 9.17) is 0 Å². The highest BCUT2D eigenvalue weighted by atomic mass is 32.2. The maximum Gasteiger partial charge on any atom is 0.207 e. The van der Waals surface area contributed by atoms with Crippen LogP contribution in [0, 0.1) is 0 Å². The molecule has 0 saturated carbocycles. The van der Waals surface area contributed by atoms with Gasteiger partial charge in [0.05, 0.1) is 19.6 Å². The molecule has 7 rings (SSSR count). The number of rotatable bonds is 2. The number of benzene rings is 5. The molecule has 198 valence electrons. The van der Waals surface area contributed by atoms with Crippen molar-refractivity contribution in [2.75, 3.05) is 0 Å². The molecule has 0 aromatic heterocycles. The third-order valence-electron chi connectivity index (χ3n) is 7.72. The highest BCUT2D eigenvalue weighted by Gasteiger charge is 2.36. The average Bonchev–Trinajstić information content (AvgIpc) is 2.98. The van der Waals surface area contributed by atoms with Gasteiger partial charge in [-0.1, -0.05) is 66.7 Å². The molecule has 8 heteroatoms. The van der Waals surface area contributed by atoms with Crippen LogP contribution in [0.1, 0.15) is 34.5 Å². The molecule has 0 bridgehead atoms. The van der Waals surface area contributed by atoms with Crippen LogP contribution in [0.25, 0.3) is 22.3 Å². The Bertz CT molecular complexity index is 1930. The lowest BCUT2D eigenvalue weighted by atomic mass is 9.93. The van der Waals surface area contributed by atoms with E-state index in [-0.39, 0.29) is 19.6 Å². The van der Waals surface area contributed by atoms with Crippen molar-refractivity contribution in [2.24, 2.45) is 0 Å². The minimum Gasteiger partial charge on any atom is -0.384 e. The highest BCUT2D eigenvalue weighted by Crippen LogP contribution is 2.44. The number of sulfone groups is 2. The molecule has 0 amide bonds. The van der Waals surface area contributed by atoms with Gasteiger partial charge in [-0.05, 0) is 64.7 Å². The van der Waals surface area contributed by atoms with Crippen molar-refractivity contribution in [3.63, 3.8) is 0 Å². The molecule has 0 saturated heterocycles. The van der Waals surface area contributed by atoms with Crippen molar-refractivity contribution in [3.05, 3.63) is 131 Å². The monoisotopic (exact) mass is 566 g/mol. The molecule has 0 fully saturated rings. The minimum atomic E-state index is -3.76. The van der Waals surface area contributed by atoms with Crippen molar-refractivity contribution in [2.45, 2.75) is 31.8 Å². The molecule has 0 aliphatic carbocycles. The second-order valence-electron chi connectivity index (χ2n) is 9.97. The van der Waals surface area contributed by atoms with Gasteiger partial charge in [-0.15, -0.1) is 0 Å². The summed E-state index contributed by atoms with van der Waals surface area (Å²) in [5.74, 6) is 0. The van der Waals surface area contributed by atoms with Gasteiger partial charge in [0.15, 0.2) is 0 Å². The van der Waals surface area contributed by atoms with Crippen molar-refractivity contribution in [1.29, 1.82) is 0 Å². The number of aliphatic hydroxyl groups excluding tert-OH is 2. The summed E-state index contributed by atoms with van der Waals surface area (Å²) in [6.07, 6.45) is -2.16. The summed E-state index contributed by atoms with van der Waals surface area (Å²) in [4.78, 5) is 0.403. The van der Waals surface area contributed by atoms with Crippen LogP contribution in [-0.2, 0) is 19.7 Å². The Morgan fingerprint density at radius 2 is 0.775 bits per heavy atom. The molecule has 2 aliphatic heterocycles. The summed E-state index contributed by atoms with van der Waals surface area (Å²) in [7, 11) is -7.52. The molecule has 5 aromatic carbocycles. The van der Waals surface area contributed by atoms with Gasteiger partial charge in [-0.2, -0.15) is 0 Å². The predicted molar refractivity (Wildman–Crippen MR) is 149 cm³/mol. The maximum atomic E-state index is 13.2. The molecule has 2 unspecified atom stereocenters. The molecule has 40 heavy (non-hydrogen) atoms. The summed E-state index contributed by atoms with van der Waals surface area (Å²) in [5.41, 5.74) is 4.38. The fourth-order valence-electron chi connectivity index (χ4n) is 5.73. The summed E-state index contributed by atoms with van der Waals surface area (Å²) in [6.45, 7) is 0. The summed E-state index contributed by atoms with van der Waals surface area (Å²) >= 11 is 0. The fourth-order valence-corrected chi connectivity index (χ4v) is 9.15. The first-order valence-corrected chi connectivity index (χ1v) is 15.6. The number of aliphatic hydroxyl groups is 2. The highest BCUT2D eigenvalue weighted by molar-refractivity contribution is 7.92. The first-order chi connectivity index (χ1) is 19.2. The van der Waals surface area contributed by atoms with Crippen molar-refractivity contribution < 1.29 is 27.0 Å². The number of fused-ring (bicyclic) bond motifs is 4. The average molecular weight is 567 g/mol. The molecule has 2 aliphatic rings. The van der Waals surface area contributed by atoms with E-state index in [9.17, 15) is 27.0 Å². The minimum absolute atomic E-state index is 0.0868. The Morgan fingerprint density at radius 1 is 0.400 bits per heavy atom. The zero-order valence-corrected chi connectivity index (χ0v) is 22.5. The Kier molecular flexibility index (Phi) is 5.43. The Balaban J connectivity index is 1.31. The summed E-state index contributed by atoms with van der Waals surface area (Å²) in [5, 5.41) is 22.1. The van der Waals surface area contributed by atoms with Gasteiger partial charge in [0.25, 0.3) is 0 Å². The van der Waals surface area contributed by atoms with Crippen molar-refractivity contribution >= 4 is 19.7 Å². The molecule has 2 atom stereocenters.